The summed E-state index contributed by atoms with van der Waals surface area (Å²) in [5.41, 5.74) is 0.380. The number of hydrogen-bond acceptors (Lipinski definition) is 4. The summed E-state index contributed by atoms with van der Waals surface area (Å²) in [5.74, 6) is 2.46. The lowest BCUT2D eigenvalue weighted by molar-refractivity contribution is -0.254. The van der Waals surface area contributed by atoms with Crippen molar-refractivity contribution in [3.05, 3.63) is 0 Å². The van der Waals surface area contributed by atoms with Gasteiger partial charge in [-0.1, -0.05) is 34.6 Å². The Kier molecular flexibility index (Phi) is 6.14. The van der Waals surface area contributed by atoms with Crippen molar-refractivity contribution in [2.75, 3.05) is 0 Å². The molecule has 5 aliphatic rings. The van der Waals surface area contributed by atoms with Gasteiger partial charge in [0.25, 0.3) is 0 Å². The van der Waals surface area contributed by atoms with Crippen LogP contribution in [0.1, 0.15) is 127 Å². The molecule has 4 nitrogen and oxygen atoms in total. The van der Waals surface area contributed by atoms with Crippen molar-refractivity contribution in [1.29, 1.82) is 0 Å². The Labute approximate surface area is 220 Å². The summed E-state index contributed by atoms with van der Waals surface area (Å²) in [5, 5.41) is 10.6. The van der Waals surface area contributed by atoms with Gasteiger partial charge in [0.05, 0.1) is 17.3 Å². The van der Waals surface area contributed by atoms with Crippen LogP contribution in [-0.2, 0) is 14.3 Å². The molecule has 1 unspecified atom stereocenters. The van der Waals surface area contributed by atoms with Crippen LogP contribution in [0.5, 0.6) is 0 Å². The summed E-state index contributed by atoms with van der Waals surface area (Å²) in [6.07, 6.45) is 11.4. The average molecular weight is 503 g/mol. The van der Waals surface area contributed by atoms with Gasteiger partial charge in [-0.15, -0.1) is 0 Å². The van der Waals surface area contributed by atoms with E-state index in [1.165, 1.54) is 44.9 Å². The third-order valence-electron chi connectivity index (χ3n) is 13.6. The van der Waals surface area contributed by atoms with Gasteiger partial charge in [0, 0.05) is 12.3 Å². The number of rotatable bonds is 2. The second-order valence-corrected chi connectivity index (χ2v) is 15.8. The topological polar surface area (TPSA) is 55.8 Å². The van der Waals surface area contributed by atoms with Crippen molar-refractivity contribution in [1.82, 2.24) is 0 Å². The average Bonchev–Trinajstić information content (AvgIpc) is 3.12. The quantitative estimate of drug-likeness (QED) is 0.402. The fourth-order valence-corrected chi connectivity index (χ4v) is 11.6. The van der Waals surface area contributed by atoms with Gasteiger partial charge < -0.3 is 14.6 Å². The van der Waals surface area contributed by atoms with E-state index in [1.54, 1.807) is 6.92 Å². The van der Waals surface area contributed by atoms with Crippen molar-refractivity contribution >= 4 is 5.97 Å². The van der Waals surface area contributed by atoms with E-state index in [1.807, 2.05) is 0 Å². The Morgan fingerprint density at radius 2 is 1.42 bits per heavy atom. The fraction of sp³-hybridized carbons (Fsp3) is 0.969. The van der Waals surface area contributed by atoms with E-state index in [0.29, 0.717) is 34.0 Å². The molecular weight excluding hydrogens is 448 g/mol. The molecule has 0 aromatic carbocycles. The summed E-state index contributed by atoms with van der Waals surface area (Å²) in [6, 6.07) is 0. The van der Waals surface area contributed by atoms with Crippen LogP contribution in [0.2, 0.25) is 0 Å². The highest BCUT2D eigenvalue weighted by atomic mass is 16.5. The summed E-state index contributed by atoms with van der Waals surface area (Å²) in [4.78, 5) is 11.9. The van der Waals surface area contributed by atoms with E-state index in [2.05, 4.69) is 55.4 Å². The monoisotopic (exact) mass is 502 g/mol. The molecule has 36 heavy (non-hydrogen) atoms. The first kappa shape index (κ1) is 27.0. The Bertz CT molecular complexity index is 895. The minimum absolute atomic E-state index is 0.0196. The van der Waals surface area contributed by atoms with Gasteiger partial charge >= 0.3 is 5.97 Å². The van der Waals surface area contributed by atoms with Gasteiger partial charge in [0.1, 0.15) is 6.10 Å². The molecule has 206 valence electrons. The van der Waals surface area contributed by atoms with Gasteiger partial charge in [-0.2, -0.15) is 0 Å². The first-order valence-electron chi connectivity index (χ1n) is 15.1. The lowest BCUT2D eigenvalue weighted by Gasteiger charge is -2.70. The molecule has 0 spiro atoms. The zero-order chi connectivity index (χ0) is 26.5. The summed E-state index contributed by atoms with van der Waals surface area (Å²) in [6.45, 7) is 20.8. The maximum Gasteiger partial charge on any atom is 0.302 e. The number of esters is 1. The van der Waals surface area contributed by atoms with E-state index in [-0.39, 0.29) is 29.2 Å². The van der Waals surface area contributed by atoms with E-state index in [4.69, 9.17) is 9.47 Å². The molecular formula is C32H54O4. The number of aliphatic hydroxyl groups excluding tert-OH is 1. The second-order valence-electron chi connectivity index (χ2n) is 15.8. The molecule has 4 saturated carbocycles. The molecule has 0 radical (unpaired) electrons. The molecule has 4 aliphatic carbocycles. The van der Waals surface area contributed by atoms with Gasteiger partial charge in [0.2, 0.25) is 0 Å². The minimum atomic E-state index is -0.467. The van der Waals surface area contributed by atoms with Crippen LogP contribution in [-0.4, -0.2) is 34.5 Å². The smallest absolute Gasteiger partial charge is 0.302 e. The van der Waals surface area contributed by atoms with Crippen LogP contribution in [0.15, 0.2) is 0 Å². The van der Waals surface area contributed by atoms with Crippen molar-refractivity contribution in [2.24, 2.45) is 45.3 Å². The Morgan fingerprint density at radius 3 is 2.06 bits per heavy atom. The molecule has 0 amide bonds. The standard InChI is InChI=1S/C32H54O4/c1-20(33)35-26-15-16-29(6)23(27(26,2)3)13-18-31(8)24(29)11-10-21-22(12-17-30(21,31)7)32(9)19-14-25(34)28(4,5)36-32/h21-26,34H,10-19H2,1-9H3/t21-,22?,23+,24-,25+,26+,29+,30-,31-,32+/m1/s1. The van der Waals surface area contributed by atoms with Gasteiger partial charge in [-0.3, -0.25) is 4.79 Å². The third-order valence-corrected chi connectivity index (χ3v) is 13.6. The lowest BCUT2D eigenvalue weighted by atomic mass is 9.35. The second kappa shape index (κ2) is 8.20. The largest absolute Gasteiger partial charge is 0.462 e. The van der Waals surface area contributed by atoms with Crippen molar-refractivity contribution in [2.45, 2.75) is 150 Å². The van der Waals surface area contributed by atoms with Crippen LogP contribution < -0.4 is 0 Å². The molecule has 5 fully saturated rings. The fourth-order valence-electron chi connectivity index (χ4n) is 11.6. The number of aliphatic hydroxyl groups is 1. The van der Waals surface area contributed by atoms with Crippen LogP contribution in [0.3, 0.4) is 0 Å². The van der Waals surface area contributed by atoms with Crippen LogP contribution in [0.25, 0.3) is 0 Å². The SMILES string of the molecule is CC(=O)O[C@H]1CC[C@]2(C)[C@H]3CC[C@@H]4C([C@]5(C)CC[C@H](O)C(C)(C)O5)CC[C@@]4(C)[C@]3(C)CC[C@H]2C1(C)C. The molecule has 5 rings (SSSR count). The summed E-state index contributed by atoms with van der Waals surface area (Å²) >= 11 is 0. The van der Waals surface area contributed by atoms with E-state index < -0.39 is 5.60 Å². The van der Waals surface area contributed by atoms with Crippen LogP contribution in [0.4, 0.5) is 0 Å². The van der Waals surface area contributed by atoms with Crippen molar-refractivity contribution in [3.63, 3.8) is 0 Å². The van der Waals surface area contributed by atoms with E-state index in [0.717, 1.165) is 25.2 Å². The maximum atomic E-state index is 11.9. The molecule has 0 bridgehead atoms. The summed E-state index contributed by atoms with van der Waals surface area (Å²) < 4.78 is 12.7. The number of carbonyl (C=O) groups is 1. The number of ether oxygens (including phenoxy) is 2. The molecule has 1 saturated heterocycles. The first-order valence-corrected chi connectivity index (χ1v) is 15.1. The molecule has 4 heteroatoms. The summed E-state index contributed by atoms with van der Waals surface area (Å²) in [7, 11) is 0. The Balaban J connectivity index is 1.43. The molecule has 1 heterocycles. The highest BCUT2D eigenvalue weighted by Gasteiger charge is 2.70. The Hall–Kier alpha value is -0.610. The van der Waals surface area contributed by atoms with Gasteiger partial charge in [-0.25, -0.2) is 0 Å². The normalized spacial score (nSPS) is 53.6. The van der Waals surface area contributed by atoms with Crippen molar-refractivity contribution < 1.29 is 19.4 Å². The highest BCUT2D eigenvalue weighted by molar-refractivity contribution is 5.66. The van der Waals surface area contributed by atoms with Crippen LogP contribution in [0, 0.1) is 45.3 Å². The van der Waals surface area contributed by atoms with Gasteiger partial charge in [-0.05, 0) is 125 Å². The molecule has 1 N–H and O–H groups in total. The zero-order valence-electron chi connectivity index (χ0n) is 24.7. The number of fused-ring (bicyclic) bond motifs is 5. The zero-order valence-corrected chi connectivity index (χ0v) is 24.7. The maximum absolute atomic E-state index is 11.9. The molecule has 0 aromatic heterocycles. The van der Waals surface area contributed by atoms with Gasteiger partial charge in [0.15, 0.2) is 0 Å². The van der Waals surface area contributed by atoms with Crippen molar-refractivity contribution in [3.8, 4) is 0 Å². The molecule has 0 aromatic rings. The number of carbonyl (C=O) groups excluding carboxylic acids is 1. The van der Waals surface area contributed by atoms with E-state index >= 15 is 0 Å². The predicted octanol–water partition coefficient (Wildman–Crippen LogP) is 7.31. The number of hydrogen-bond donors (Lipinski definition) is 1. The lowest BCUT2D eigenvalue weighted by Crippen LogP contribution is -2.64. The first-order chi connectivity index (χ1) is 16.5. The van der Waals surface area contributed by atoms with E-state index in [9.17, 15) is 9.90 Å². The minimum Gasteiger partial charge on any atom is -0.462 e. The molecule has 10 atom stereocenters. The Morgan fingerprint density at radius 1 is 0.750 bits per heavy atom. The third kappa shape index (κ3) is 3.55. The highest BCUT2D eigenvalue weighted by Crippen LogP contribution is 2.76. The molecule has 1 aliphatic heterocycles. The predicted molar refractivity (Wildman–Crippen MR) is 143 cm³/mol. The van der Waals surface area contributed by atoms with Crippen LogP contribution >= 0.6 is 0 Å².